The summed E-state index contributed by atoms with van der Waals surface area (Å²) in [6, 6.07) is -12.5. The lowest BCUT2D eigenvalue weighted by molar-refractivity contribution is -0.173. The van der Waals surface area contributed by atoms with E-state index in [-0.39, 0.29) is 32.4 Å². The molecule has 1 heterocycles. The second-order valence-electron chi connectivity index (χ2n) is 17.9. The van der Waals surface area contributed by atoms with Crippen molar-refractivity contribution in [3.8, 4) is 0 Å². The first-order valence-corrected chi connectivity index (χ1v) is 25.0. The highest BCUT2D eigenvalue weighted by Crippen LogP contribution is 2.13. The van der Waals surface area contributed by atoms with Crippen LogP contribution in [0.25, 0.3) is 0 Å². The molecule has 0 bridgehead atoms. The molecule has 0 spiro atoms. The summed E-state index contributed by atoms with van der Waals surface area (Å²) in [4.78, 5) is 154. The molecule has 30 nitrogen and oxygen atoms in total. The number of aliphatic hydroxyl groups is 4. The molecule has 0 aromatic rings. The van der Waals surface area contributed by atoms with Crippen LogP contribution in [0.15, 0.2) is 11.8 Å². The number of nitrogens with one attached hydrogen (secondary N) is 8. The van der Waals surface area contributed by atoms with E-state index < -0.39 is 164 Å². The lowest BCUT2D eigenvalue weighted by Gasteiger charge is -2.29. The van der Waals surface area contributed by atoms with Crippen LogP contribution >= 0.6 is 0 Å². The minimum Gasteiger partial charge on any atom is -0.479 e. The maximum Gasteiger partial charge on any atom is 0.335 e. The van der Waals surface area contributed by atoms with Gasteiger partial charge in [0.2, 0.25) is 53.2 Å². The van der Waals surface area contributed by atoms with Crippen molar-refractivity contribution in [1.82, 2.24) is 52.7 Å². The van der Waals surface area contributed by atoms with Crippen LogP contribution in [0.2, 0.25) is 0 Å². The van der Waals surface area contributed by atoms with Crippen molar-refractivity contribution < 1.29 is 93.5 Å². The molecule has 8 atom stereocenters. The molecule has 1 rings (SSSR count). The number of nitrogens with two attached hydrogens (primary N) is 1. The zero-order chi connectivity index (χ0) is 57.5. The fraction of sp³-hybridized carbons (Fsp3) is 0.696. The van der Waals surface area contributed by atoms with Gasteiger partial charge < -0.3 is 73.8 Å². The number of rotatable bonds is 37. The number of hydroxylamine groups is 4. The lowest BCUT2D eigenvalue weighted by atomic mass is 10.1. The first-order valence-electron chi connectivity index (χ1n) is 25.0. The molecule has 430 valence electrons. The number of carboxylic acids is 1. The van der Waals surface area contributed by atoms with Crippen LogP contribution in [0, 0.1) is 0 Å². The number of nitrogens with zero attached hydrogens (tertiary/aromatic N) is 2. The standard InChI is InChI=1S/C46H77N11O19/c1-4-6-7-8-9-10-11-12-13-18-35(63)55-36(37(64)46(73)74)44(71)54-33(25-60)42(69)50-29(19-20-34(47)62)40(67)53-31(23-58)41(68)49-28(16-14-21-56(75)26(3)61)39(66)48-27(5-2)38(65)52-32(24-59)43(70)51-30-17-15-22-57(76)45(30)72/h5,28-33,36-37,58-60,64,75-76H,4,6-25H2,1-3H3,(H2,47,62)(H,48,66)(H,49,68)(H,50,69)(H,51,70)(H,52,65)(H,53,67)(H,54,71)(H,55,63)(H,73,74). The lowest BCUT2D eigenvalue weighted by Crippen LogP contribution is -2.62. The number of unbranched alkanes of at least 4 members (excludes halogenated alkanes) is 8. The number of primary amides is 1. The Morgan fingerprint density at radius 2 is 1.18 bits per heavy atom. The predicted octanol–water partition coefficient (Wildman–Crippen LogP) is -4.96. The van der Waals surface area contributed by atoms with Crippen LogP contribution in [0.4, 0.5) is 0 Å². The van der Waals surface area contributed by atoms with Crippen LogP contribution in [0.3, 0.4) is 0 Å². The smallest absolute Gasteiger partial charge is 0.335 e. The van der Waals surface area contributed by atoms with Gasteiger partial charge in [-0.2, -0.15) is 0 Å². The highest BCUT2D eigenvalue weighted by Gasteiger charge is 2.38. The summed E-state index contributed by atoms with van der Waals surface area (Å²) in [6.07, 6.45) is 5.40. The Bertz CT molecular complexity index is 2030. The van der Waals surface area contributed by atoms with Crippen molar-refractivity contribution in [2.24, 2.45) is 5.73 Å². The van der Waals surface area contributed by atoms with Gasteiger partial charge in [-0.3, -0.25) is 63.2 Å². The third-order valence-corrected chi connectivity index (χ3v) is 11.8. The molecule has 11 amide bonds. The minimum absolute atomic E-state index is 0.0232. The Labute approximate surface area is 438 Å². The van der Waals surface area contributed by atoms with Gasteiger partial charge in [-0.1, -0.05) is 64.4 Å². The average molecular weight is 1090 g/mol. The number of aliphatic carboxylic acids is 1. The van der Waals surface area contributed by atoms with Crippen molar-refractivity contribution in [1.29, 1.82) is 0 Å². The minimum atomic E-state index is -2.52. The molecule has 0 radical (unpaired) electrons. The maximum absolute atomic E-state index is 13.7. The fourth-order valence-corrected chi connectivity index (χ4v) is 7.34. The van der Waals surface area contributed by atoms with Crippen molar-refractivity contribution in [2.75, 3.05) is 32.9 Å². The topological polar surface area (TPSA) is 475 Å². The summed E-state index contributed by atoms with van der Waals surface area (Å²) in [6.45, 7) is 0.660. The van der Waals surface area contributed by atoms with E-state index in [1.807, 2.05) is 5.32 Å². The quantitative estimate of drug-likeness (QED) is 0.0120. The number of carboxylic acid groups (broad SMARTS) is 1. The van der Waals surface area contributed by atoms with E-state index in [9.17, 15) is 93.5 Å². The number of aliphatic hydroxyl groups excluding tert-OH is 4. The molecule has 1 saturated heterocycles. The molecule has 8 unspecified atom stereocenters. The number of hydrogen-bond acceptors (Lipinski definition) is 18. The normalized spacial score (nSPS) is 16.2. The largest absolute Gasteiger partial charge is 0.479 e. The van der Waals surface area contributed by atoms with Gasteiger partial charge >= 0.3 is 5.97 Å². The first-order chi connectivity index (χ1) is 36.0. The summed E-state index contributed by atoms with van der Waals surface area (Å²) < 4.78 is 0. The molecule has 0 aromatic carbocycles. The second-order valence-corrected chi connectivity index (χ2v) is 17.9. The molecular weight excluding hydrogens is 1010 g/mol. The number of amides is 11. The summed E-state index contributed by atoms with van der Waals surface area (Å²) >= 11 is 0. The molecule has 17 N–H and O–H groups in total. The number of carbonyl (C=O) groups excluding carboxylic acids is 11. The zero-order valence-corrected chi connectivity index (χ0v) is 43.0. The van der Waals surface area contributed by atoms with Gasteiger partial charge in [0.05, 0.1) is 19.8 Å². The van der Waals surface area contributed by atoms with Gasteiger partial charge in [0, 0.05) is 32.9 Å². The number of allylic oxidation sites excluding steroid dienone is 1. The van der Waals surface area contributed by atoms with Crippen LogP contribution in [-0.4, -0.2) is 198 Å². The second kappa shape index (κ2) is 36.2. The Kier molecular flexibility index (Phi) is 32.0. The molecule has 1 aliphatic rings. The van der Waals surface area contributed by atoms with Gasteiger partial charge in [0.1, 0.15) is 48.0 Å². The van der Waals surface area contributed by atoms with E-state index in [1.165, 1.54) is 6.92 Å². The Morgan fingerprint density at radius 1 is 0.684 bits per heavy atom. The van der Waals surface area contributed by atoms with Crippen LogP contribution in [-0.2, 0) is 57.5 Å². The average Bonchev–Trinajstić information content (AvgIpc) is 3.37. The van der Waals surface area contributed by atoms with E-state index in [2.05, 4.69) is 44.1 Å². The van der Waals surface area contributed by atoms with Gasteiger partial charge in [0.15, 0.2) is 6.10 Å². The number of piperidine rings is 1. The van der Waals surface area contributed by atoms with Crippen LogP contribution in [0.5, 0.6) is 0 Å². The molecule has 1 fully saturated rings. The summed E-state index contributed by atoms with van der Waals surface area (Å²) in [5.74, 6) is -14.0. The predicted molar refractivity (Wildman–Crippen MR) is 262 cm³/mol. The highest BCUT2D eigenvalue weighted by atomic mass is 16.5. The van der Waals surface area contributed by atoms with Crippen molar-refractivity contribution in [3.05, 3.63) is 11.8 Å². The Morgan fingerprint density at radius 3 is 1.70 bits per heavy atom. The van der Waals surface area contributed by atoms with E-state index in [0.29, 0.717) is 29.4 Å². The first kappa shape index (κ1) is 67.2. The van der Waals surface area contributed by atoms with Gasteiger partial charge in [-0.25, -0.2) is 14.9 Å². The van der Waals surface area contributed by atoms with Crippen molar-refractivity contribution >= 4 is 70.9 Å². The monoisotopic (exact) mass is 1090 g/mol. The molecular formula is C46H77N11O19. The number of hydrogen-bond donors (Lipinski definition) is 16. The van der Waals surface area contributed by atoms with E-state index >= 15 is 0 Å². The van der Waals surface area contributed by atoms with E-state index in [0.717, 1.165) is 57.9 Å². The third-order valence-electron chi connectivity index (χ3n) is 11.8. The zero-order valence-electron chi connectivity index (χ0n) is 43.0. The van der Waals surface area contributed by atoms with E-state index in [1.54, 1.807) is 0 Å². The van der Waals surface area contributed by atoms with Crippen LogP contribution in [0.1, 0.15) is 124 Å². The third kappa shape index (κ3) is 24.7. The molecule has 1 aliphatic heterocycles. The van der Waals surface area contributed by atoms with E-state index in [4.69, 9.17) is 5.73 Å². The Balaban J connectivity index is 3.22. The fourth-order valence-electron chi connectivity index (χ4n) is 7.34. The Hall–Kier alpha value is -6.86. The molecule has 0 aromatic heterocycles. The van der Waals surface area contributed by atoms with Crippen LogP contribution < -0.4 is 48.3 Å². The SMILES string of the molecule is CC=C(NC(=O)C(CCCN(O)C(C)=O)NC(=O)C(CO)NC(=O)C(CCC(N)=O)NC(=O)C(CO)NC(=O)C(NC(=O)CCCCCCCCCCC)C(O)C(=O)O)C(=O)NC(CO)C(=O)NC1CCCN(O)C1=O. The molecule has 0 aliphatic carbocycles. The molecule has 0 saturated carbocycles. The van der Waals surface area contributed by atoms with Crippen molar-refractivity contribution in [2.45, 2.75) is 172 Å². The summed E-state index contributed by atoms with van der Waals surface area (Å²) in [7, 11) is 0. The molecule has 30 heteroatoms. The van der Waals surface area contributed by atoms with Gasteiger partial charge in [-0.05, 0) is 45.4 Å². The van der Waals surface area contributed by atoms with Crippen molar-refractivity contribution in [3.63, 3.8) is 0 Å². The van der Waals surface area contributed by atoms with Gasteiger partial charge in [-0.15, -0.1) is 0 Å². The summed E-state index contributed by atoms with van der Waals surface area (Å²) in [5, 5.41) is 87.6. The highest BCUT2D eigenvalue weighted by molar-refractivity contribution is 6.02. The maximum atomic E-state index is 13.7. The van der Waals surface area contributed by atoms with Gasteiger partial charge in [0.25, 0.3) is 11.8 Å². The summed E-state index contributed by atoms with van der Waals surface area (Å²) in [5.41, 5.74) is 4.72. The molecule has 76 heavy (non-hydrogen) atoms. The number of carbonyl (C=O) groups is 12.